The van der Waals surface area contributed by atoms with Crippen molar-refractivity contribution in [2.45, 2.75) is 117 Å². The topological polar surface area (TPSA) is 69.2 Å². The van der Waals surface area contributed by atoms with Crippen molar-refractivity contribution in [1.29, 1.82) is 0 Å². The van der Waals surface area contributed by atoms with Gasteiger partial charge in [-0.1, -0.05) is 76.8 Å². The molecule has 6 rings (SSSR count). The molecule has 0 saturated heterocycles. The van der Waals surface area contributed by atoms with Gasteiger partial charge in [-0.3, -0.25) is 0 Å². The first kappa shape index (κ1) is 28.5. The Morgan fingerprint density at radius 1 is 1.02 bits per heavy atom. The second-order valence-corrected chi connectivity index (χ2v) is 14.2. The molecule has 1 N–H and O–H groups in total. The third-order valence-electron chi connectivity index (χ3n) is 11.3. The summed E-state index contributed by atoms with van der Waals surface area (Å²) in [5, 5.41) is 10.5. The van der Waals surface area contributed by atoms with Crippen molar-refractivity contribution in [2.75, 3.05) is 0 Å². The maximum absolute atomic E-state index is 14.0. The lowest BCUT2D eigenvalue weighted by Gasteiger charge is -2.45. The maximum Gasteiger partial charge on any atom is 0.352 e. The first-order chi connectivity index (χ1) is 19.7. The molecule has 2 aromatic rings. The van der Waals surface area contributed by atoms with Gasteiger partial charge in [0.05, 0.1) is 24.4 Å². The van der Waals surface area contributed by atoms with Crippen LogP contribution in [0.5, 0.6) is 0 Å². The Morgan fingerprint density at radius 2 is 1.80 bits per heavy atom. The van der Waals surface area contributed by atoms with Crippen LogP contribution in [0, 0.1) is 29.1 Å². The van der Waals surface area contributed by atoms with E-state index in [4.69, 9.17) is 0 Å². The fourth-order valence-corrected chi connectivity index (χ4v) is 9.21. The molecule has 1 aromatic carbocycles. The van der Waals surface area contributed by atoms with Gasteiger partial charge in [-0.25, -0.2) is 23.5 Å². The van der Waals surface area contributed by atoms with E-state index in [1.54, 1.807) is 9.36 Å². The molecule has 0 amide bonds. The van der Waals surface area contributed by atoms with Crippen LogP contribution in [0.25, 0.3) is 5.69 Å². The smallest absolute Gasteiger partial charge is 0.352 e. The van der Waals surface area contributed by atoms with Gasteiger partial charge in [0, 0.05) is 0 Å². The average Bonchev–Trinajstić information content (AvgIpc) is 3.42. The number of rotatable bonds is 7. The van der Waals surface area contributed by atoms with Gasteiger partial charge in [0.2, 0.25) is 0 Å². The minimum Gasteiger partial charge on any atom is -0.393 e. The molecule has 3 aliphatic carbocycles. The minimum absolute atomic E-state index is 0.253. The van der Waals surface area contributed by atoms with Crippen LogP contribution in [0.15, 0.2) is 62.7 Å². The molecule has 0 spiro atoms. The number of aliphatic hydroxyl groups excluding tert-OH is 1. The zero-order chi connectivity index (χ0) is 28.9. The summed E-state index contributed by atoms with van der Waals surface area (Å²) in [7, 11) is 0. The molecule has 4 aliphatic rings. The highest BCUT2D eigenvalue weighted by Crippen LogP contribution is 2.60. The number of hydrogen-bond acceptors (Lipinski definition) is 3. The van der Waals surface area contributed by atoms with E-state index >= 15 is 0 Å². The zero-order valence-electron chi connectivity index (χ0n) is 25.5. The van der Waals surface area contributed by atoms with Gasteiger partial charge in [-0.2, -0.15) is 0 Å². The predicted molar refractivity (Wildman–Crippen MR) is 164 cm³/mol. The summed E-state index contributed by atoms with van der Waals surface area (Å²) < 4.78 is 4.71. The summed E-state index contributed by atoms with van der Waals surface area (Å²) in [6.07, 6.45) is 14.1. The van der Waals surface area contributed by atoms with E-state index in [2.05, 4.69) is 33.8 Å². The van der Waals surface area contributed by atoms with Crippen LogP contribution >= 0.6 is 0 Å². The first-order valence-corrected chi connectivity index (χ1v) is 16.3. The van der Waals surface area contributed by atoms with E-state index < -0.39 is 0 Å². The van der Waals surface area contributed by atoms with Crippen molar-refractivity contribution < 1.29 is 5.11 Å². The van der Waals surface area contributed by atoms with Crippen molar-refractivity contribution in [3.63, 3.8) is 0 Å². The van der Waals surface area contributed by atoms with Gasteiger partial charge in [0.1, 0.15) is 0 Å². The molecule has 222 valence electrons. The van der Waals surface area contributed by atoms with Crippen molar-refractivity contribution in [3.8, 4) is 5.69 Å². The van der Waals surface area contributed by atoms with E-state index in [1.807, 2.05) is 30.3 Å². The van der Waals surface area contributed by atoms with E-state index in [1.165, 1.54) is 60.7 Å². The molecule has 1 aromatic heterocycles. The maximum atomic E-state index is 14.0. The number of para-hydroxylation sites is 1. The Morgan fingerprint density at radius 3 is 2.56 bits per heavy atom. The monoisotopic (exact) mass is 559 g/mol. The van der Waals surface area contributed by atoms with E-state index in [-0.39, 0.29) is 23.5 Å². The average molecular weight is 560 g/mol. The lowest BCUT2D eigenvalue weighted by Crippen LogP contribution is -2.39. The highest BCUT2D eigenvalue weighted by Gasteiger charge is 2.51. The van der Waals surface area contributed by atoms with Crippen molar-refractivity contribution >= 4 is 0 Å². The molecule has 0 bridgehead atoms. The summed E-state index contributed by atoms with van der Waals surface area (Å²) in [4.78, 5) is 27.7. The molecule has 6 heteroatoms. The van der Waals surface area contributed by atoms with Crippen molar-refractivity contribution in [1.82, 2.24) is 13.9 Å². The van der Waals surface area contributed by atoms with E-state index in [0.717, 1.165) is 36.2 Å². The zero-order valence-corrected chi connectivity index (χ0v) is 25.5. The Bertz CT molecular complexity index is 1440. The SMILES string of the molecule is CC(C)CCC[C@@H](C)C1CCC2C(=CC3C4=C(CC(O)CC4)Cn4c(=O)n(-c5ccccc5)c(=O)n43)CCC[C@@]21C. The van der Waals surface area contributed by atoms with Crippen molar-refractivity contribution in [3.05, 3.63) is 74.1 Å². The summed E-state index contributed by atoms with van der Waals surface area (Å²) >= 11 is 0. The number of aromatic nitrogens is 3. The van der Waals surface area contributed by atoms with Crippen LogP contribution in [-0.4, -0.2) is 25.1 Å². The predicted octanol–water partition coefficient (Wildman–Crippen LogP) is 6.80. The summed E-state index contributed by atoms with van der Waals surface area (Å²) in [6.45, 7) is 10.1. The molecule has 2 saturated carbocycles. The molecule has 4 unspecified atom stereocenters. The number of hydrogen-bond donors (Lipinski definition) is 1. The number of nitrogens with zero attached hydrogens (tertiary/aromatic N) is 3. The number of fused-ring (bicyclic) bond motifs is 2. The molecule has 41 heavy (non-hydrogen) atoms. The second kappa shape index (κ2) is 11.2. The largest absolute Gasteiger partial charge is 0.393 e. The highest BCUT2D eigenvalue weighted by atomic mass is 16.3. The normalized spacial score (nSPS) is 31.3. The lowest BCUT2D eigenvalue weighted by atomic mass is 9.60. The van der Waals surface area contributed by atoms with Crippen LogP contribution < -0.4 is 11.4 Å². The fourth-order valence-electron chi connectivity index (χ4n) is 9.21. The molecule has 6 nitrogen and oxygen atoms in total. The molecule has 1 aliphatic heterocycles. The number of aliphatic hydroxyl groups is 1. The van der Waals surface area contributed by atoms with Gasteiger partial charge < -0.3 is 5.11 Å². The second-order valence-electron chi connectivity index (χ2n) is 14.2. The summed E-state index contributed by atoms with van der Waals surface area (Å²) in [5.74, 6) is 2.79. The number of benzene rings is 1. The molecular weight excluding hydrogens is 510 g/mol. The fraction of sp³-hybridized carbons (Fsp3) is 0.657. The van der Waals surface area contributed by atoms with Crippen molar-refractivity contribution in [2.24, 2.45) is 29.1 Å². The molecule has 2 heterocycles. The first-order valence-electron chi connectivity index (χ1n) is 16.3. The third-order valence-corrected chi connectivity index (χ3v) is 11.3. The van der Waals surface area contributed by atoms with Gasteiger partial charge >= 0.3 is 11.4 Å². The Kier molecular flexibility index (Phi) is 7.82. The lowest BCUT2D eigenvalue weighted by molar-refractivity contribution is 0.0923. The van der Waals surface area contributed by atoms with Gasteiger partial charge in [-0.15, -0.1) is 0 Å². The highest BCUT2D eigenvalue weighted by molar-refractivity contribution is 5.34. The Hall–Kier alpha value is -2.60. The summed E-state index contributed by atoms with van der Waals surface area (Å²) in [5.41, 5.74) is 4.24. The quantitative estimate of drug-likeness (QED) is 0.379. The minimum atomic E-state index is -0.377. The molecule has 6 atom stereocenters. The van der Waals surface area contributed by atoms with Crippen LogP contribution in [0.2, 0.25) is 0 Å². The standard InChI is InChI=1S/C35H49N3O3/c1-23(2)10-8-11-24(3)30-17-18-31-25(12-9-19-35(30,31)4)21-32-29-16-15-28(39)20-26(29)22-36-33(40)37(34(41)38(32)36)27-13-6-5-7-14-27/h5-7,13-14,21,23-24,28,30-32,39H,8-12,15-20,22H2,1-4H3/t24-,28?,30?,31?,32?,35-/m1/s1. The van der Waals surface area contributed by atoms with Crippen LogP contribution in [0.1, 0.15) is 104 Å². The van der Waals surface area contributed by atoms with Crippen LogP contribution in [0.3, 0.4) is 0 Å². The Labute approximate surface area is 244 Å². The Balaban J connectivity index is 1.38. The molecular formula is C35H49N3O3. The van der Waals surface area contributed by atoms with Crippen LogP contribution in [0.4, 0.5) is 0 Å². The van der Waals surface area contributed by atoms with Gasteiger partial charge in [0.15, 0.2) is 0 Å². The summed E-state index contributed by atoms with van der Waals surface area (Å²) in [6, 6.07) is 9.03. The third kappa shape index (κ3) is 5.04. The molecule has 2 fully saturated rings. The van der Waals surface area contributed by atoms with Crippen LogP contribution in [-0.2, 0) is 6.54 Å². The van der Waals surface area contributed by atoms with Gasteiger partial charge in [0.25, 0.3) is 0 Å². The van der Waals surface area contributed by atoms with Gasteiger partial charge in [-0.05, 0) is 104 Å². The number of allylic oxidation sites excluding steroid dienone is 3. The van der Waals surface area contributed by atoms with E-state index in [9.17, 15) is 14.7 Å². The van der Waals surface area contributed by atoms with E-state index in [0.29, 0.717) is 36.4 Å². The molecule has 0 radical (unpaired) electrons.